The van der Waals surface area contributed by atoms with Gasteiger partial charge in [-0.05, 0) is 49.4 Å². The number of benzene rings is 2. The van der Waals surface area contributed by atoms with Crippen molar-refractivity contribution in [1.29, 1.82) is 0 Å². The number of nitrogens with two attached hydrogens (primary N) is 1. The van der Waals surface area contributed by atoms with Gasteiger partial charge in [0.15, 0.2) is 0 Å². The molecule has 2 aromatic heterocycles. The molecule has 0 radical (unpaired) electrons. The molecule has 0 bridgehead atoms. The fourth-order valence-electron chi connectivity index (χ4n) is 5.25. The first-order valence-corrected chi connectivity index (χ1v) is 12.8. The molecule has 0 saturated heterocycles. The van der Waals surface area contributed by atoms with Crippen molar-refractivity contribution < 1.29 is 23.5 Å². The van der Waals surface area contributed by atoms with Crippen LogP contribution in [0.25, 0.3) is 16.8 Å². The first-order chi connectivity index (χ1) is 18.9. The van der Waals surface area contributed by atoms with Gasteiger partial charge in [0.1, 0.15) is 34.4 Å². The van der Waals surface area contributed by atoms with Crippen LogP contribution in [-0.4, -0.2) is 40.5 Å². The molecule has 9 nitrogen and oxygen atoms in total. The molecule has 1 fully saturated rings. The lowest BCUT2D eigenvalue weighted by Gasteiger charge is -2.26. The number of carbonyl (C=O) groups is 2. The molecule has 0 aliphatic heterocycles. The van der Waals surface area contributed by atoms with Gasteiger partial charge in [-0.3, -0.25) is 14.0 Å². The predicted octanol–water partition coefficient (Wildman–Crippen LogP) is 4.50. The Bertz CT molecular complexity index is 1510. The van der Waals surface area contributed by atoms with E-state index in [0.717, 1.165) is 59.9 Å². The molecule has 1 aliphatic rings. The summed E-state index contributed by atoms with van der Waals surface area (Å²) in [6.07, 6.45) is 6.70. The summed E-state index contributed by atoms with van der Waals surface area (Å²) in [7, 11) is 2.86. The van der Waals surface area contributed by atoms with Gasteiger partial charge in [0.2, 0.25) is 0 Å². The third-order valence-electron chi connectivity index (χ3n) is 7.32. The van der Waals surface area contributed by atoms with Crippen molar-refractivity contribution in [1.82, 2.24) is 19.7 Å². The van der Waals surface area contributed by atoms with E-state index < -0.39 is 11.7 Å². The Kier molecular flexibility index (Phi) is 7.44. The number of hydrogen-bond donors (Lipinski definition) is 2. The van der Waals surface area contributed by atoms with E-state index in [4.69, 9.17) is 20.2 Å². The summed E-state index contributed by atoms with van der Waals surface area (Å²) in [5, 5.41) is 2.81. The van der Waals surface area contributed by atoms with Crippen molar-refractivity contribution in [2.24, 2.45) is 5.92 Å². The summed E-state index contributed by atoms with van der Waals surface area (Å²) >= 11 is 0. The van der Waals surface area contributed by atoms with Crippen LogP contribution in [0.2, 0.25) is 0 Å². The van der Waals surface area contributed by atoms with E-state index >= 15 is 0 Å². The Morgan fingerprint density at radius 2 is 1.85 bits per heavy atom. The van der Waals surface area contributed by atoms with Gasteiger partial charge in [-0.2, -0.15) is 0 Å². The van der Waals surface area contributed by atoms with Crippen molar-refractivity contribution in [3.05, 3.63) is 77.6 Å². The van der Waals surface area contributed by atoms with Crippen LogP contribution >= 0.6 is 0 Å². The maximum Gasteiger partial charge on any atom is 0.308 e. The maximum atomic E-state index is 13.7. The summed E-state index contributed by atoms with van der Waals surface area (Å²) in [6.45, 7) is 0.251. The number of ether oxygens (including phenoxy) is 2. The fraction of sp³-hybridized carbons (Fsp3) is 0.310. The Labute approximate surface area is 225 Å². The number of amides is 1. The fourth-order valence-corrected chi connectivity index (χ4v) is 5.25. The summed E-state index contributed by atoms with van der Waals surface area (Å²) < 4.78 is 25.8. The van der Waals surface area contributed by atoms with Crippen LogP contribution < -0.4 is 15.8 Å². The first kappa shape index (κ1) is 26.1. The summed E-state index contributed by atoms with van der Waals surface area (Å²) in [5.74, 6) is 0.608. The van der Waals surface area contributed by atoms with E-state index in [-0.39, 0.29) is 29.9 Å². The number of rotatable bonds is 7. The summed E-state index contributed by atoms with van der Waals surface area (Å²) in [5.41, 5.74) is 9.62. The standard InChI is InChI=1S/C29H30FN5O4/c1-38-23-12-11-21(30)15-22(23)28(36)33-16-17-3-5-18(6-4-17)24-25-26(31)32-13-14-35(25)27(34-24)19-7-9-20(10-8-19)29(37)39-2/h3-6,11-15,19-20H,7-10,16H2,1-2H3,(H2,31,32)(H,33,36)/t19-,20-. The minimum absolute atomic E-state index is 0.0706. The summed E-state index contributed by atoms with van der Waals surface area (Å²) in [4.78, 5) is 33.9. The second kappa shape index (κ2) is 11.1. The molecular weight excluding hydrogens is 501 g/mol. The minimum Gasteiger partial charge on any atom is -0.496 e. The zero-order valence-electron chi connectivity index (χ0n) is 21.8. The molecule has 0 atom stereocenters. The first-order valence-electron chi connectivity index (χ1n) is 12.8. The molecule has 2 heterocycles. The third kappa shape index (κ3) is 5.27. The molecule has 10 heteroatoms. The predicted molar refractivity (Wildman–Crippen MR) is 144 cm³/mol. The SMILES string of the molecule is COc1ccc(F)cc1C(=O)NCc1ccc(-c2nc([C@H]3CC[C@H](C(=O)OC)CC3)n3ccnc(N)c23)cc1. The number of carbonyl (C=O) groups excluding carboxylic acids is 2. The Morgan fingerprint density at radius 1 is 1.10 bits per heavy atom. The molecule has 3 N–H and O–H groups in total. The highest BCUT2D eigenvalue weighted by atomic mass is 19.1. The molecule has 1 saturated carbocycles. The normalized spacial score (nSPS) is 17.1. The van der Waals surface area contributed by atoms with Crippen molar-refractivity contribution in [2.45, 2.75) is 38.1 Å². The number of aromatic nitrogens is 3. The number of nitrogen functional groups attached to an aromatic ring is 1. The van der Waals surface area contributed by atoms with Gasteiger partial charge < -0.3 is 20.5 Å². The lowest BCUT2D eigenvalue weighted by atomic mass is 9.81. The van der Waals surface area contributed by atoms with Crippen LogP contribution in [0.3, 0.4) is 0 Å². The number of methoxy groups -OCH3 is 2. The minimum atomic E-state index is -0.512. The third-order valence-corrected chi connectivity index (χ3v) is 7.32. The molecule has 1 aliphatic carbocycles. The Morgan fingerprint density at radius 3 is 2.54 bits per heavy atom. The zero-order valence-corrected chi connectivity index (χ0v) is 21.8. The molecule has 2 aromatic carbocycles. The maximum absolute atomic E-state index is 13.7. The lowest BCUT2D eigenvalue weighted by molar-refractivity contribution is -0.146. The van der Waals surface area contributed by atoms with Crippen molar-refractivity contribution >= 4 is 23.2 Å². The van der Waals surface area contributed by atoms with E-state index in [0.29, 0.717) is 11.6 Å². The highest BCUT2D eigenvalue weighted by molar-refractivity contribution is 5.97. The van der Waals surface area contributed by atoms with Crippen LogP contribution in [-0.2, 0) is 16.1 Å². The van der Waals surface area contributed by atoms with Gasteiger partial charge in [0.25, 0.3) is 5.91 Å². The molecule has 0 spiro atoms. The molecular formula is C29H30FN5O4. The number of imidazole rings is 1. The van der Waals surface area contributed by atoms with E-state index in [1.165, 1.54) is 26.4 Å². The highest BCUT2D eigenvalue weighted by Crippen LogP contribution is 2.38. The average Bonchev–Trinajstić information content (AvgIpc) is 3.37. The van der Waals surface area contributed by atoms with Crippen LogP contribution in [0, 0.1) is 11.7 Å². The molecule has 5 rings (SSSR count). The lowest BCUT2D eigenvalue weighted by Crippen LogP contribution is -2.23. The molecule has 4 aromatic rings. The van der Waals surface area contributed by atoms with Gasteiger partial charge >= 0.3 is 5.97 Å². The van der Waals surface area contributed by atoms with Crippen LogP contribution in [0.15, 0.2) is 54.9 Å². The number of esters is 1. The molecule has 39 heavy (non-hydrogen) atoms. The quantitative estimate of drug-likeness (QED) is 0.337. The van der Waals surface area contributed by atoms with Gasteiger partial charge in [-0.1, -0.05) is 24.3 Å². The molecule has 0 unspecified atom stereocenters. The number of nitrogens with one attached hydrogen (secondary N) is 1. The number of halogens is 1. The number of fused-ring (bicyclic) bond motifs is 1. The smallest absolute Gasteiger partial charge is 0.308 e. The van der Waals surface area contributed by atoms with Gasteiger partial charge in [-0.15, -0.1) is 0 Å². The topological polar surface area (TPSA) is 121 Å². The monoisotopic (exact) mass is 531 g/mol. The van der Waals surface area contributed by atoms with Crippen molar-refractivity contribution in [2.75, 3.05) is 20.0 Å². The highest BCUT2D eigenvalue weighted by Gasteiger charge is 2.31. The van der Waals surface area contributed by atoms with E-state index in [2.05, 4.69) is 10.3 Å². The van der Waals surface area contributed by atoms with E-state index in [1.54, 1.807) is 6.20 Å². The molecule has 1 amide bonds. The zero-order chi connectivity index (χ0) is 27.5. The second-order valence-corrected chi connectivity index (χ2v) is 9.65. The van der Waals surface area contributed by atoms with Crippen LogP contribution in [0.5, 0.6) is 5.75 Å². The Balaban J connectivity index is 1.35. The van der Waals surface area contributed by atoms with Gasteiger partial charge in [0, 0.05) is 30.4 Å². The summed E-state index contributed by atoms with van der Waals surface area (Å²) in [6, 6.07) is 11.5. The largest absolute Gasteiger partial charge is 0.496 e. The molecule has 202 valence electrons. The number of anilines is 1. The van der Waals surface area contributed by atoms with E-state index in [9.17, 15) is 14.0 Å². The van der Waals surface area contributed by atoms with Gasteiger partial charge in [-0.25, -0.2) is 14.4 Å². The number of nitrogens with zero attached hydrogens (tertiary/aromatic N) is 3. The van der Waals surface area contributed by atoms with Crippen molar-refractivity contribution in [3.8, 4) is 17.0 Å². The van der Waals surface area contributed by atoms with Crippen LogP contribution in [0.1, 0.15) is 53.3 Å². The Hall–Kier alpha value is -4.47. The second-order valence-electron chi connectivity index (χ2n) is 9.65. The van der Waals surface area contributed by atoms with Gasteiger partial charge in [0.05, 0.1) is 25.7 Å². The number of hydrogen-bond acceptors (Lipinski definition) is 7. The van der Waals surface area contributed by atoms with Crippen molar-refractivity contribution in [3.63, 3.8) is 0 Å². The average molecular weight is 532 g/mol. The van der Waals surface area contributed by atoms with Crippen LogP contribution in [0.4, 0.5) is 10.2 Å². The van der Waals surface area contributed by atoms with E-state index in [1.807, 2.05) is 34.9 Å².